The molecule has 0 spiro atoms. The fourth-order valence-corrected chi connectivity index (χ4v) is 3.12. The zero-order chi connectivity index (χ0) is 13.9. The first-order valence-corrected chi connectivity index (χ1v) is 7.57. The van der Waals surface area contributed by atoms with Gasteiger partial charge in [0.25, 0.3) is 0 Å². The molecule has 0 aliphatic carbocycles. The first kappa shape index (κ1) is 13.6. The summed E-state index contributed by atoms with van der Waals surface area (Å²) in [5.41, 5.74) is 8.77. The molecule has 108 valence electrons. The summed E-state index contributed by atoms with van der Waals surface area (Å²) in [4.78, 5) is 0. The SMILES string of the molecule is CCn1nc(CC(N)C2CCOCC2)c2ccccc21. The normalized spacial score (nSPS) is 18.5. The van der Waals surface area contributed by atoms with Crippen LogP contribution < -0.4 is 5.73 Å². The highest BCUT2D eigenvalue weighted by molar-refractivity contribution is 5.82. The van der Waals surface area contributed by atoms with Crippen molar-refractivity contribution in [2.45, 2.75) is 38.8 Å². The maximum atomic E-state index is 6.42. The fourth-order valence-electron chi connectivity index (χ4n) is 3.12. The van der Waals surface area contributed by atoms with E-state index in [0.717, 1.165) is 44.7 Å². The van der Waals surface area contributed by atoms with Crippen molar-refractivity contribution in [2.24, 2.45) is 11.7 Å². The van der Waals surface area contributed by atoms with E-state index < -0.39 is 0 Å². The molecule has 3 rings (SSSR count). The van der Waals surface area contributed by atoms with Crippen molar-refractivity contribution in [2.75, 3.05) is 13.2 Å². The standard InChI is InChI=1S/C16H23N3O/c1-2-19-16-6-4-3-5-13(16)15(18-19)11-14(17)12-7-9-20-10-8-12/h3-6,12,14H,2,7-11,17H2,1H3. The fraction of sp³-hybridized carbons (Fsp3) is 0.562. The Kier molecular flexibility index (Phi) is 4.03. The van der Waals surface area contributed by atoms with Crippen LogP contribution in [0.5, 0.6) is 0 Å². The Morgan fingerprint density at radius 2 is 2.10 bits per heavy atom. The monoisotopic (exact) mass is 273 g/mol. The van der Waals surface area contributed by atoms with Gasteiger partial charge in [-0.05, 0) is 31.7 Å². The smallest absolute Gasteiger partial charge is 0.0718 e. The Labute approximate surface area is 119 Å². The van der Waals surface area contributed by atoms with E-state index in [1.54, 1.807) is 0 Å². The molecule has 1 atom stereocenters. The molecular formula is C16H23N3O. The minimum Gasteiger partial charge on any atom is -0.381 e. The highest BCUT2D eigenvalue weighted by Gasteiger charge is 2.23. The number of hydrogen-bond acceptors (Lipinski definition) is 3. The van der Waals surface area contributed by atoms with Crippen molar-refractivity contribution in [3.63, 3.8) is 0 Å². The number of para-hydroxylation sites is 1. The van der Waals surface area contributed by atoms with Gasteiger partial charge >= 0.3 is 0 Å². The van der Waals surface area contributed by atoms with Crippen LogP contribution in [0.4, 0.5) is 0 Å². The summed E-state index contributed by atoms with van der Waals surface area (Å²) in [6.45, 7) is 4.72. The van der Waals surface area contributed by atoms with Crippen molar-refractivity contribution in [1.82, 2.24) is 9.78 Å². The Bertz CT molecular complexity index is 572. The van der Waals surface area contributed by atoms with Gasteiger partial charge in [0.15, 0.2) is 0 Å². The summed E-state index contributed by atoms with van der Waals surface area (Å²) in [5.74, 6) is 0.564. The lowest BCUT2D eigenvalue weighted by atomic mass is 9.89. The van der Waals surface area contributed by atoms with Crippen LogP contribution in [0, 0.1) is 5.92 Å². The third-order valence-electron chi connectivity index (χ3n) is 4.33. The van der Waals surface area contributed by atoms with Gasteiger partial charge in [-0.1, -0.05) is 18.2 Å². The Balaban J connectivity index is 1.83. The Morgan fingerprint density at radius 3 is 2.85 bits per heavy atom. The molecule has 0 saturated carbocycles. The van der Waals surface area contributed by atoms with Gasteiger partial charge in [-0.2, -0.15) is 5.10 Å². The number of fused-ring (bicyclic) bond motifs is 1. The van der Waals surface area contributed by atoms with E-state index in [0.29, 0.717) is 5.92 Å². The van der Waals surface area contributed by atoms with Gasteiger partial charge in [-0.15, -0.1) is 0 Å². The van der Waals surface area contributed by atoms with Crippen LogP contribution in [-0.2, 0) is 17.7 Å². The van der Waals surface area contributed by atoms with Gasteiger partial charge in [0.05, 0.1) is 11.2 Å². The molecule has 2 N–H and O–H groups in total. The van der Waals surface area contributed by atoms with E-state index in [9.17, 15) is 0 Å². The van der Waals surface area contributed by atoms with Gasteiger partial charge in [0.2, 0.25) is 0 Å². The summed E-state index contributed by atoms with van der Waals surface area (Å²) in [6.07, 6.45) is 3.01. The lowest BCUT2D eigenvalue weighted by Crippen LogP contribution is -2.36. The maximum absolute atomic E-state index is 6.42. The van der Waals surface area contributed by atoms with Crippen molar-refractivity contribution in [3.8, 4) is 0 Å². The molecule has 1 aromatic heterocycles. The van der Waals surface area contributed by atoms with E-state index >= 15 is 0 Å². The van der Waals surface area contributed by atoms with E-state index in [4.69, 9.17) is 15.6 Å². The number of benzene rings is 1. The van der Waals surface area contributed by atoms with Crippen LogP contribution in [0.2, 0.25) is 0 Å². The van der Waals surface area contributed by atoms with Crippen LogP contribution in [0.15, 0.2) is 24.3 Å². The number of hydrogen-bond donors (Lipinski definition) is 1. The first-order chi connectivity index (χ1) is 9.79. The molecule has 0 radical (unpaired) electrons. The number of ether oxygens (including phenoxy) is 1. The van der Waals surface area contributed by atoms with Gasteiger partial charge in [0, 0.05) is 37.6 Å². The molecule has 1 aliphatic rings. The summed E-state index contributed by atoms with van der Waals surface area (Å²) < 4.78 is 7.49. The van der Waals surface area contributed by atoms with Crippen molar-refractivity contribution in [3.05, 3.63) is 30.0 Å². The van der Waals surface area contributed by atoms with Crippen LogP contribution in [0.3, 0.4) is 0 Å². The predicted molar refractivity (Wildman–Crippen MR) is 80.6 cm³/mol. The molecule has 1 aliphatic heterocycles. The predicted octanol–water partition coefficient (Wildman–Crippen LogP) is 2.35. The van der Waals surface area contributed by atoms with Crippen molar-refractivity contribution in [1.29, 1.82) is 0 Å². The van der Waals surface area contributed by atoms with Gasteiger partial charge in [-0.3, -0.25) is 4.68 Å². The number of aryl methyl sites for hydroxylation is 1. The average Bonchev–Trinajstić information content (AvgIpc) is 2.86. The minimum atomic E-state index is 0.183. The molecule has 0 bridgehead atoms. The third kappa shape index (κ3) is 2.58. The molecule has 1 unspecified atom stereocenters. The van der Waals surface area contributed by atoms with E-state index in [2.05, 4.69) is 35.9 Å². The lowest BCUT2D eigenvalue weighted by molar-refractivity contribution is 0.0584. The first-order valence-electron chi connectivity index (χ1n) is 7.57. The second-order valence-corrected chi connectivity index (χ2v) is 5.60. The largest absolute Gasteiger partial charge is 0.381 e. The minimum absolute atomic E-state index is 0.183. The van der Waals surface area contributed by atoms with E-state index in [1.807, 2.05) is 0 Å². The quantitative estimate of drug-likeness (QED) is 0.930. The molecule has 1 fully saturated rings. The average molecular weight is 273 g/mol. The second-order valence-electron chi connectivity index (χ2n) is 5.60. The van der Waals surface area contributed by atoms with Crippen LogP contribution in [0.1, 0.15) is 25.5 Å². The molecule has 1 aromatic carbocycles. The number of nitrogens with two attached hydrogens (primary N) is 1. The van der Waals surface area contributed by atoms with Crippen LogP contribution >= 0.6 is 0 Å². The Morgan fingerprint density at radius 1 is 1.35 bits per heavy atom. The topological polar surface area (TPSA) is 53.1 Å². The van der Waals surface area contributed by atoms with E-state index in [1.165, 1.54) is 10.9 Å². The highest BCUT2D eigenvalue weighted by Crippen LogP contribution is 2.24. The molecule has 20 heavy (non-hydrogen) atoms. The lowest BCUT2D eigenvalue weighted by Gasteiger charge is -2.27. The molecule has 2 aromatic rings. The number of rotatable bonds is 4. The summed E-state index contributed by atoms with van der Waals surface area (Å²) >= 11 is 0. The summed E-state index contributed by atoms with van der Waals surface area (Å²) in [6, 6.07) is 8.62. The molecule has 4 nitrogen and oxygen atoms in total. The van der Waals surface area contributed by atoms with Gasteiger partial charge < -0.3 is 10.5 Å². The van der Waals surface area contributed by atoms with Crippen LogP contribution in [-0.4, -0.2) is 29.0 Å². The molecule has 2 heterocycles. The zero-order valence-electron chi connectivity index (χ0n) is 12.1. The second kappa shape index (κ2) is 5.94. The van der Waals surface area contributed by atoms with Crippen molar-refractivity contribution < 1.29 is 4.74 Å². The number of nitrogens with zero attached hydrogens (tertiary/aromatic N) is 2. The molecule has 1 saturated heterocycles. The summed E-state index contributed by atoms with van der Waals surface area (Å²) in [7, 11) is 0. The number of aromatic nitrogens is 2. The van der Waals surface area contributed by atoms with Gasteiger partial charge in [0.1, 0.15) is 0 Å². The third-order valence-corrected chi connectivity index (χ3v) is 4.33. The van der Waals surface area contributed by atoms with Crippen LogP contribution in [0.25, 0.3) is 10.9 Å². The Hall–Kier alpha value is -1.39. The van der Waals surface area contributed by atoms with E-state index in [-0.39, 0.29) is 6.04 Å². The summed E-state index contributed by atoms with van der Waals surface area (Å²) in [5, 5.41) is 6.00. The molecule has 4 heteroatoms. The maximum Gasteiger partial charge on any atom is 0.0718 e. The van der Waals surface area contributed by atoms with Gasteiger partial charge in [-0.25, -0.2) is 0 Å². The van der Waals surface area contributed by atoms with Crippen molar-refractivity contribution >= 4 is 10.9 Å². The molecule has 0 amide bonds. The molecular weight excluding hydrogens is 250 g/mol. The highest BCUT2D eigenvalue weighted by atomic mass is 16.5. The zero-order valence-corrected chi connectivity index (χ0v) is 12.1.